The lowest BCUT2D eigenvalue weighted by Crippen LogP contribution is -2.34. The number of likely N-dealkylation sites (N-methyl/N-ethyl adjacent to an activating group) is 1. The van der Waals surface area contributed by atoms with Crippen LogP contribution in [0.4, 0.5) is 4.79 Å². The number of nitrogens with two attached hydrogens (primary N) is 1. The van der Waals surface area contributed by atoms with Crippen LogP contribution in [-0.2, 0) is 0 Å². The van der Waals surface area contributed by atoms with E-state index < -0.39 is 0 Å². The van der Waals surface area contributed by atoms with Crippen molar-refractivity contribution < 1.29 is 4.79 Å². The summed E-state index contributed by atoms with van der Waals surface area (Å²) in [5.74, 6) is 0. The predicted molar refractivity (Wildman–Crippen MR) is 43.3 cm³/mol. The van der Waals surface area contributed by atoms with Gasteiger partial charge >= 0.3 is 6.03 Å². The van der Waals surface area contributed by atoms with Crippen LogP contribution in [0.2, 0.25) is 0 Å². The lowest BCUT2D eigenvalue weighted by molar-refractivity contribution is 0.194. The third-order valence-corrected chi connectivity index (χ3v) is 1.96. The Morgan fingerprint density at radius 2 is 2.09 bits per heavy atom. The summed E-state index contributed by atoms with van der Waals surface area (Å²) in [5, 5.41) is 0. The third kappa shape index (κ3) is 1.63. The highest BCUT2D eigenvalue weighted by molar-refractivity contribution is 5.76. The highest BCUT2D eigenvalue weighted by Crippen LogP contribution is 2.06. The first-order valence-corrected chi connectivity index (χ1v) is 4.03. The first-order valence-electron chi connectivity index (χ1n) is 4.03. The van der Waals surface area contributed by atoms with E-state index in [1.807, 2.05) is 11.8 Å². The molecule has 0 aromatic rings. The number of hydrogen-bond donors (Lipinski definition) is 1. The molecule has 0 radical (unpaired) electrons. The summed E-state index contributed by atoms with van der Waals surface area (Å²) < 4.78 is 0. The van der Waals surface area contributed by atoms with E-state index in [2.05, 4.69) is 0 Å². The van der Waals surface area contributed by atoms with E-state index in [1.54, 1.807) is 4.90 Å². The smallest absolute Gasteiger partial charge is 0.320 e. The monoisotopic (exact) mass is 157 g/mol. The van der Waals surface area contributed by atoms with E-state index in [0.717, 1.165) is 19.6 Å². The zero-order valence-electron chi connectivity index (χ0n) is 6.92. The van der Waals surface area contributed by atoms with Crippen molar-refractivity contribution in [2.45, 2.75) is 6.92 Å². The van der Waals surface area contributed by atoms with Crippen molar-refractivity contribution in [1.82, 2.24) is 9.80 Å². The van der Waals surface area contributed by atoms with Crippen LogP contribution in [0.1, 0.15) is 6.92 Å². The van der Waals surface area contributed by atoms with Gasteiger partial charge in [-0.25, -0.2) is 4.79 Å². The van der Waals surface area contributed by atoms with Crippen molar-refractivity contribution in [3.8, 4) is 0 Å². The number of amides is 2. The molecule has 4 heteroatoms. The minimum atomic E-state index is 0.137. The predicted octanol–water partition coefficient (Wildman–Crippen LogP) is -0.297. The molecule has 0 saturated carbocycles. The number of hydrogen-bond acceptors (Lipinski definition) is 2. The molecule has 0 aromatic heterocycles. The lowest BCUT2D eigenvalue weighted by atomic mass is 10.5. The lowest BCUT2D eigenvalue weighted by Gasteiger charge is -2.15. The summed E-state index contributed by atoms with van der Waals surface area (Å²) in [6, 6.07) is 0.137. The van der Waals surface area contributed by atoms with E-state index in [9.17, 15) is 4.79 Å². The second kappa shape index (κ2) is 3.57. The van der Waals surface area contributed by atoms with E-state index in [4.69, 9.17) is 5.73 Å². The van der Waals surface area contributed by atoms with Crippen LogP contribution in [0, 0.1) is 0 Å². The summed E-state index contributed by atoms with van der Waals surface area (Å²) in [7, 11) is 0. The van der Waals surface area contributed by atoms with Crippen molar-refractivity contribution in [3.05, 3.63) is 0 Å². The Hall–Kier alpha value is -0.770. The summed E-state index contributed by atoms with van der Waals surface area (Å²) >= 11 is 0. The summed E-state index contributed by atoms with van der Waals surface area (Å²) in [4.78, 5) is 14.9. The largest absolute Gasteiger partial charge is 0.329 e. The van der Waals surface area contributed by atoms with Gasteiger partial charge in [-0.15, -0.1) is 0 Å². The topological polar surface area (TPSA) is 49.6 Å². The quantitative estimate of drug-likeness (QED) is 0.611. The maximum Gasteiger partial charge on any atom is 0.320 e. The van der Waals surface area contributed by atoms with Gasteiger partial charge in [0, 0.05) is 32.7 Å². The molecule has 1 aliphatic heterocycles. The molecular weight excluding hydrogens is 142 g/mol. The summed E-state index contributed by atoms with van der Waals surface area (Å²) in [5.41, 5.74) is 5.35. The van der Waals surface area contributed by atoms with Gasteiger partial charge in [-0.2, -0.15) is 0 Å². The zero-order valence-corrected chi connectivity index (χ0v) is 6.92. The van der Waals surface area contributed by atoms with E-state index in [0.29, 0.717) is 13.1 Å². The molecule has 1 saturated heterocycles. The van der Waals surface area contributed by atoms with Gasteiger partial charge in [0.25, 0.3) is 0 Å². The first kappa shape index (κ1) is 8.33. The van der Waals surface area contributed by atoms with Crippen molar-refractivity contribution in [3.63, 3.8) is 0 Å². The Morgan fingerprint density at radius 3 is 2.55 bits per heavy atom. The van der Waals surface area contributed by atoms with E-state index in [1.165, 1.54) is 0 Å². The number of carbonyl (C=O) groups is 1. The molecule has 0 unspecified atom stereocenters. The Labute approximate surface area is 66.9 Å². The van der Waals surface area contributed by atoms with Crippen LogP contribution in [0.25, 0.3) is 0 Å². The fourth-order valence-electron chi connectivity index (χ4n) is 1.29. The minimum absolute atomic E-state index is 0.137. The average molecular weight is 157 g/mol. The van der Waals surface area contributed by atoms with E-state index in [-0.39, 0.29) is 6.03 Å². The maximum absolute atomic E-state index is 11.3. The van der Waals surface area contributed by atoms with Gasteiger partial charge in [-0.1, -0.05) is 0 Å². The maximum atomic E-state index is 11.3. The number of rotatable bonds is 3. The van der Waals surface area contributed by atoms with Gasteiger partial charge in [0.2, 0.25) is 0 Å². The first-order chi connectivity index (χ1) is 5.29. The Bertz CT molecular complexity index is 149. The number of nitrogens with zero attached hydrogens (tertiary/aromatic N) is 2. The molecule has 11 heavy (non-hydrogen) atoms. The highest BCUT2D eigenvalue weighted by Gasteiger charge is 2.25. The molecule has 64 valence electrons. The standard InChI is InChI=1S/C7H15N3O/c1-2-9-5-6-10(4-3-8)7(9)11/h2-6,8H2,1H3. The van der Waals surface area contributed by atoms with Crippen LogP contribution in [0.15, 0.2) is 0 Å². The molecule has 1 fully saturated rings. The fourth-order valence-corrected chi connectivity index (χ4v) is 1.29. The van der Waals surface area contributed by atoms with Crippen LogP contribution >= 0.6 is 0 Å². The number of urea groups is 1. The molecule has 0 atom stereocenters. The van der Waals surface area contributed by atoms with Gasteiger partial charge in [0.1, 0.15) is 0 Å². The molecular formula is C7H15N3O. The van der Waals surface area contributed by atoms with Crippen molar-refractivity contribution in [1.29, 1.82) is 0 Å². The van der Waals surface area contributed by atoms with Gasteiger partial charge in [-0.05, 0) is 6.92 Å². The third-order valence-electron chi connectivity index (χ3n) is 1.96. The van der Waals surface area contributed by atoms with Crippen LogP contribution in [0.5, 0.6) is 0 Å². The van der Waals surface area contributed by atoms with Gasteiger partial charge in [0.15, 0.2) is 0 Å². The summed E-state index contributed by atoms with van der Waals surface area (Å²) in [6.45, 7) is 5.74. The second-order valence-corrected chi connectivity index (χ2v) is 2.64. The van der Waals surface area contributed by atoms with E-state index >= 15 is 0 Å². The van der Waals surface area contributed by atoms with Gasteiger partial charge < -0.3 is 15.5 Å². The molecule has 2 amide bonds. The zero-order chi connectivity index (χ0) is 8.27. The SMILES string of the molecule is CCN1CCN(CCN)C1=O. The average Bonchev–Trinajstić information content (AvgIpc) is 2.34. The molecule has 0 aromatic carbocycles. The molecule has 1 heterocycles. The van der Waals surface area contributed by atoms with Crippen LogP contribution < -0.4 is 5.73 Å². The van der Waals surface area contributed by atoms with Gasteiger partial charge in [0.05, 0.1) is 0 Å². The van der Waals surface area contributed by atoms with Gasteiger partial charge in [-0.3, -0.25) is 0 Å². The van der Waals surface area contributed by atoms with Crippen molar-refractivity contribution in [2.75, 3.05) is 32.7 Å². The number of carbonyl (C=O) groups excluding carboxylic acids is 1. The molecule has 0 bridgehead atoms. The Balaban J connectivity index is 2.42. The molecule has 0 aliphatic carbocycles. The fraction of sp³-hybridized carbons (Fsp3) is 0.857. The molecule has 4 nitrogen and oxygen atoms in total. The normalized spacial score (nSPS) is 18.2. The second-order valence-electron chi connectivity index (χ2n) is 2.64. The van der Waals surface area contributed by atoms with Crippen molar-refractivity contribution in [2.24, 2.45) is 5.73 Å². The molecule has 1 rings (SSSR count). The van der Waals surface area contributed by atoms with Crippen molar-refractivity contribution >= 4 is 6.03 Å². The Kier molecular flexibility index (Phi) is 2.70. The molecule has 0 spiro atoms. The Morgan fingerprint density at radius 1 is 1.45 bits per heavy atom. The highest BCUT2D eigenvalue weighted by atomic mass is 16.2. The summed E-state index contributed by atoms with van der Waals surface area (Å²) in [6.07, 6.45) is 0. The molecule has 1 aliphatic rings. The molecule has 2 N–H and O–H groups in total. The van der Waals surface area contributed by atoms with Crippen LogP contribution in [-0.4, -0.2) is 48.6 Å². The minimum Gasteiger partial charge on any atom is -0.329 e. The van der Waals surface area contributed by atoms with Crippen LogP contribution in [0.3, 0.4) is 0 Å².